The van der Waals surface area contributed by atoms with E-state index in [4.69, 9.17) is 5.73 Å². The minimum atomic E-state index is 0.153. The van der Waals surface area contributed by atoms with Crippen molar-refractivity contribution >= 4 is 11.8 Å². The Labute approximate surface area is 111 Å². The number of aromatic nitrogens is 3. The SMILES string of the molecule is Cc1ccc(Sc2n[nH]c(C)n2)c(CC(C)N)c1. The molecule has 0 radical (unpaired) electrons. The number of nitrogens with zero attached hydrogens (tertiary/aromatic N) is 2. The van der Waals surface area contributed by atoms with Gasteiger partial charge in [0, 0.05) is 10.9 Å². The first kappa shape index (κ1) is 13.1. The fraction of sp³-hybridized carbons (Fsp3) is 0.385. The molecule has 0 aliphatic rings. The van der Waals surface area contributed by atoms with Crippen molar-refractivity contribution in [1.82, 2.24) is 15.2 Å². The van der Waals surface area contributed by atoms with Gasteiger partial charge < -0.3 is 5.73 Å². The Hall–Kier alpha value is -1.33. The zero-order valence-corrected chi connectivity index (χ0v) is 11.7. The van der Waals surface area contributed by atoms with Crippen LogP contribution in [0.25, 0.3) is 0 Å². The van der Waals surface area contributed by atoms with Gasteiger partial charge in [0.15, 0.2) is 0 Å². The second kappa shape index (κ2) is 5.54. The minimum Gasteiger partial charge on any atom is -0.328 e. The molecule has 0 saturated heterocycles. The average molecular weight is 262 g/mol. The topological polar surface area (TPSA) is 67.6 Å². The van der Waals surface area contributed by atoms with E-state index in [2.05, 4.69) is 40.3 Å². The van der Waals surface area contributed by atoms with Gasteiger partial charge in [-0.25, -0.2) is 4.98 Å². The number of hydrogen-bond donors (Lipinski definition) is 2. The van der Waals surface area contributed by atoms with Crippen molar-refractivity contribution in [3.63, 3.8) is 0 Å². The number of aromatic amines is 1. The summed E-state index contributed by atoms with van der Waals surface area (Å²) in [5, 5.41) is 7.76. The molecule has 0 fully saturated rings. The van der Waals surface area contributed by atoms with Crippen molar-refractivity contribution in [2.24, 2.45) is 5.73 Å². The number of benzene rings is 1. The first-order valence-electron chi connectivity index (χ1n) is 5.96. The molecule has 4 nitrogen and oxygen atoms in total. The van der Waals surface area contributed by atoms with Gasteiger partial charge in [-0.15, -0.1) is 5.10 Å². The smallest absolute Gasteiger partial charge is 0.213 e. The molecular weight excluding hydrogens is 244 g/mol. The first-order valence-corrected chi connectivity index (χ1v) is 6.78. The van der Waals surface area contributed by atoms with Gasteiger partial charge in [-0.2, -0.15) is 0 Å². The van der Waals surface area contributed by atoms with E-state index < -0.39 is 0 Å². The second-order valence-electron chi connectivity index (χ2n) is 4.60. The Morgan fingerprint density at radius 1 is 1.39 bits per heavy atom. The normalized spacial score (nSPS) is 12.7. The molecule has 3 N–H and O–H groups in total. The zero-order valence-electron chi connectivity index (χ0n) is 10.9. The van der Waals surface area contributed by atoms with Crippen LogP contribution in [-0.2, 0) is 6.42 Å². The molecule has 1 aromatic heterocycles. The van der Waals surface area contributed by atoms with E-state index in [1.807, 2.05) is 13.8 Å². The van der Waals surface area contributed by atoms with Crippen LogP contribution < -0.4 is 5.73 Å². The third kappa shape index (κ3) is 3.34. The third-order valence-corrected chi connectivity index (χ3v) is 3.52. The fourth-order valence-electron chi connectivity index (χ4n) is 1.78. The van der Waals surface area contributed by atoms with E-state index in [1.165, 1.54) is 16.0 Å². The average Bonchev–Trinajstić information content (AvgIpc) is 2.67. The summed E-state index contributed by atoms with van der Waals surface area (Å²) >= 11 is 1.58. The van der Waals surface area contributed by atoms with Crippen LogP contribution in [0, 0.1) is 13.8 Å². The van der Waals surface area contributed by atoms with Gasteiger partial charge in [0.2, 0.25) is 5.16 Å². The molecule has 1 unspecified atom stereocenters. The molecule has 2 rings (SSSR count). The summed E-state index contributed by atoms with van der Waals surface area (Å²) < 4.78 is 0. The molecule has 18 heavy (non-hydrogen) atoms. The standard InChI is InChI=1S/C13H18N4S/c1-8-4-5-12(11(6-8)7-9(2)14)18-13-15-10(3)16-17-13/h4-6,9H,7,14H2,1-3H3,(H,15,16,17). The molecule has 1 atom stereocenters. The number of nitrogens with one attached hydrogen (secondary N) is 1. The highest BCUT2D eigenvalue weighted by molar-refractivity contribution is 7.99. The number of rotatable bonds is 4. The maximum absolute atomic E-state index is 5.89. The highest BCUT2D eigenvalue weighted by atomic mass is 32.2. The largest absolute Gasteiger partial charge is 0.328 e. The van der Waals surface area contributed by atoms with Crippen LogP contribution in [0.3, 0.4) is 0 Å². The predicted octanol–water partition coefficient (Wildman–Crippen LogP) is 2.46. The lowest BCUT2D eigenvalue weighted by Gasteiger charge is -2.11. The Morgan fingerprint density at radius 3 is 2.78 bits per heavy atom. The van der Waals surface area contributed by atoms with E-state index in [9.17, 15) is 0 Å². The van der Waals surface area contributed by atoms with Crippen molar-refractivity contribution in [3.8, 4) is 0 Å². The van der Waals surface area contributed by atoms with Gasteiger partial charge in [0.1, 0.15) is 5.82 Å². The van der Waals surface area contributed by atoms with Gasteiger partial charge in [0.25, 0.3) is 0 Å². The molecule has 0 aliphatic heterocycles. The van der Waals surface area contributed by atoms with E-state index >= 15 is 0 Å². The molecule has 96 valence electrons. The first-order chi connectivity index (χ1) is 8.54. The minimum absolute atomic E-state index is 0.153. The molecule has 5 heteroatoms. The molecule has 0 bridgehead atoms. The number of H-pyrrole nitrogens is 1. The maximum atomic E-state index is 5.89. The summed E-state index contributed by atoms with van der Waals surface area (Å²) in [6, 6.07) is 6.56. The van der Waals surface area contributed by atoms with Crippen molar-refractivity contribution in [3.05, 3.63) is 35.2 Å². The Morgan fingerprint density at radius 2 is 2.17 bits per heavy atom. The molecule has 0 aliphatic carbocycles. The van der Waals surface area contributed by atoms with Gasteiger partial charge in [0.05, 0.1) is 0 Å². The van der Waals surface area contributed by atoms with Crippen LogP contribution in [0.15, 0.2) is 28.3 Å². The van der Waals surface area contributed by atoms with Gasteiger partial charge in [-0.1, -0.05) is 17.7 Å². The maximum Gasteiger partial charge on any atom is 0.213 e. The van der Waals surface area contributed by atoms with E-state index in [0.717, 1.165) is 17.4 Å². The predicted molar refractivity (Wildman–Crippen MR) is 73.8 cm³/mol. The van der Waals surface area contributed by atoms with Crippen molar-refractivity contribution < 1.29 is 0 Å². The summed E-state index contributed by atoms with van der Waals surface area (Å²) in [5.74, 6) is 0.832. The quantitative estimate of drug-likeness (QED) is 0.888. The van der Waals surface area contributed by atoms with Gasteiger partial charge in [-0.3, -0.25) is 5.10 Å². The van der Waals surface area contributed by atoms with E-state index in [-0.39, 0.29) is 6.04 Å². The molecule has 2 aromatic rings. The second-order valence-corrected chi connectivity index (χ2v) is 5.61. The van der Waals surface area contributed by atoms with Gasteiger partial charge in [-0.05, 0) is 50.6 Å². The summed E-state index contributed by atoms with van der Waals surface area (Å²) in [7, 11) is 0. The van der Waals surface area contributed by atoms with Crippen LogP contribution in [0.4, 0.5) is 0 Å². The summed E-state index contributed by atoms with van der Waals surface area (Å²) in [5.41, 5.74) is 8.41. The highest BCUT2D eigenvalue weighted by Crippen LogP contribution is 2.29. The lowest BCUT2D eigenvalue weighted by atomic mass is 10.1. The Kier molecular flexibility index (Phi) is 4.04. The molecule has 0 spiro atoms. The summed E-state index contributed by atoms with van der Waals surface area (Å²) in [6.45, 7) is 6.01. The van der Waals surface area contributed by atoms with Crippen LogP contribution in [0.5, 0.6) is 0 Å². The zero-order chi connectivity index (χ0) is 13.1. The highest BCUT2D eigenvalue weighted by Gasteiger charge is 2.09. The fourth-order valence-corrected chi connectivity index (χ4v) is 2.66. The Balaban J connectivity index is 2.26. The molecular formula is C13H18N4S. The lowest BCUT2D eigenvalue weighted by Crippen LogP contribution is -2.18. The lowest BCUT2D eigenvalue weighted by molar-refractivity contribution is 0.728. The van der Waals surface area contributed by atoms with Crippen LogP contribution >= 0.6 is 11.8 Å². The summed E-state index contributed by atoms with van der Waals surface area (Å²) in [6.07, 6.45) is 0.868. The van der Waals surface area contributed by atoms with Crippen molar-refractivity contribution in [2.45, 2.75) is 43.3 Å². The summed E-state index contributed by atoms with van der Waals surface area (Å²) in [4.78, 5) is 5.49. The molecule has 1 heterocycles. The number of aryl methyl sites for hydroxylation is 2. The van der Waals surface area contributed by atoms with Crippen LogP contribution in [0.1, 0.15) is 23.9 Å². The van der Waals surface area contributed by atoms with Crippen molar-refractivity contribution in [2.75, 3.05) is 0 Å². The van der Waals surface area contributed by atoms with Crippen LogP contribution in [-0.4, -0.2) is 21.2 Å². The van der Waals surface area contributed by atoms with E-state index in [0.29, 0.717) is 0 Å². The molecule has 0 amide bonds. The third-order valence-electron chi connectivity index (χ3n) is 2.54. The van der Waals surface area contributed by atoms with Gasteiger partial charge >= 0.3 is 0 Å². The molecule has 0 saturated carbocycles. The monoisotopic (exact) mass is 262 g/mol. The number of nitrogens with two attached hydrogens (primary N) is 1. The van der Waals surface area contributed by atoms with E-state index in [1.54, 1.807) is 11.8 Å². The number of hydrogen-bond acceptors (Lipinski definition) is 4. The van der Waals surface area contributed by atoms with Crippen molar-refractivity contribution in [1.29, 1.82) is 0 Å². The molecule has 1 aromatic carbocycles. The Bertz CT molecular complexity index is 534. The van der Waals surface area contributed by atoms with Crippen LogP contribution in [0.2, 0.25) is 0 Å².